The molecule has 2 rings (SSSR count). The number of carboxylic acid groups (broad SMARTS) is 1. The van der Waals surface area contributed by atoms with E-state index in [2.05, 4.69) is 0 Å². The number of rotatable bonds is 2. The summed E-state index contributed by atoms with van der Waals surface area (Å²) in [6.07, 6.45) is 2.16. The quantitative estimate of drug-likeness (QED) is 0.808. The first-order valence-electron chi connectivity index (χ1n) is 4.60. The Morgan fingerprint density at radius 3 is 2.29 bits per heavy atom. The van der Waals surface area contributed by atoms with Gasteiger partial charge in [0.25, 0.3) is 11.8 Å². The molecule has 0 atom stereocenters. The topological polar surface area (TPSA) is 74.7 Å². The van der Waals surface area contributed by atoms with Crippen molar-refractivity contribution in [1.29, 1.82) is 0 Å². The van der Waals surface area contributed by atoms with Crippen LogP contribution in [0.4, 0.5) is 5.69 Å². The molecule has 86 valence electrons. The highest BCUT2D eigenvalue weighted by Crippen LogP contribution is 2.29. The van der Waals surface area contributed by atoms with Crippen LogP contribution in [0.1, 0.15) is 10.4 Å². The van der Waals surface area contributed by atoms with E-state index >= 15 is 0 Å². The van der Waals surface area contributed by atoms with Crippen molar-refractivity contribution in [3.05, 3.63) is 40.9 Å². The van der Waals surface area contributed by atoms with E-state index in [1.54, 1.807) is 0 Å². The second-order valence-corrected chi connectivity index (χ2v) is 3.69. The number of anilines is 1. The Balaban J connectivity index is 2.60. The molecule has 1 aliphatic heterocycles. The zero-order valence-electron chi connectivity index (χ0n) is 8.38. The van der Waals surface area contributed by atoms with E-state index in [-0.39, 0.29) is 16.3 Å². The van der Waals surface area contributed by atoms with Crippen molar-refractivity contribution in [3.8, 4) is 0 Å². The zero-order valence-corrected chi connectivity index (χ0v) is 9.14. The first kappa shape index (κ1) is 11.3. The van der Waals surface area contributed by atoms with Gasteiger partial charge in [-0.05, 0) is 12.1 Å². The summed E-state index contributed by atoms with van der Waals surface area (Å²) in [4.78, 5) is 34.7. The molecular weight excluding hydrogens is 246 g/mol. The van der Waals surface area contributed by atoms with Crippen LogP contribution in [-0.2, 0) is 9.59 Å². The molecule has 0 fully saturated rings. The molecule has 0 radical (unpaired) electrons. The molecule has 1 aliphatic rings. The molecule has 0 aliphatic carbocycles. The van der Waals surface area contributed by atoms with Crippen molar-refractivity contribution in [3.63, 3.8) is 0 Å². The van der Waals surface area contributed by atoms with Crippen LogP contribution in [-0.4, -0.2) is 22.9 Å². The van der Waals surface area contributed by atoms with Gasteiger partial charge in [-0.2, -0.15) is 0 Å². The Labute approximate surface area is 101 Å². The minimum atomic E-state index is -1.29. The average molecular weight is 252 g/mol. The number of hydrogen-bond acceptors (Lipinski definition) is 3. The van der Waals surface area contributed by atoms with Gasteiger partial charge in [0, 0.05) is 12.2 Å². The van der Waals surface area contributed by atoms with E-state index in [0.29, 0.717) is 0 Å². The van der Waals surface area contributed by atoms with Crippen molar-refractivity contribution in [1.82, 2.24) is 0 Å². The van der Waals surface area contributed by atoms with Gasteiger partial charge in [0.15, 0.2) is 0 Å². The fraction of sp³-hybridized carbons (Fsp3) is 0. The molecule has 1 aromatic carbocycles. The van der Waals surface area contributed by atoms with Gasteiger partial charge in [0.2, 0.25) is 0 Å². The highest BCUT2D eigenvalue weighted by molar-refractivity contribution is 6.36. The molecule has 2 amide bonds. The number of nitrogens with zero attached hydrogens (tertiary/aromatic N) is 1. The van der Waals surface area contributed by atoms with Gasteiger partial charge in [-0.1, -0.05) is 17.7 Å². The predicted molar refractivity (Wildman–Crippen MR) is 60.0 cm³/mol. The van der Waals surface area contributed by atoms with Crippen molar-refractivity contribution in [2.45, 2.75) is 0 Å². The summed E-state index contributed by atoms with van der Waals surface area (Å²) in [6.45, 7) is 0. The lowest BCUT2D eigenvalue weighted by atomic mass is 10.1. The summed E-state index contributed by atoms with van der Waals surface area (Å²) in [5, 5.41) is 9.00. The first-order valence-corrected chi connectivity index (χ1v) is 4.98. The average Bonchev–Trinajstić information content (AvgIpc) is 2.57. The third kappa shape index (κ3) is 1.81. The Hall–Kier alpha value is -2.14. The molecule has 1 N–H and O–H groups in total. The number of amides is 2. The van der Waals surface area contributed by atoms with Crippen LogP contribution >= 0.6 is 11.6 Å². The Bertz CT molecular complexity index is 547. The maximum absolute atomic E-state index is 11.5. The molecular formula is C11H6ClNO4. The van der Waals surface area contributed by atoms with E-state index in [1.165, 1.54) is 18.2 Å². The molecule has 0 unspecified atom stereocenters. The summed E-state index contributed by atoms with van der Waals surface area (Å²) in [5.74, 6) is -2.46. The first-order chi connectivity index (χ1) is 8.02. The number of carboxylic acids is 1. The van der Waals surface area contributed by atoms with Gasteiger partial charge in [0.1, 0.15) is 5.56 Å². The number of carbonyl (C=O) groups is 3. The lowest BCUT2D eigenvalue weighted by Crippen LogP contribution is -2.31. The van der Waals surface area contributed by atoms with Gasteiger partial charge in [-0.15, -0.1) is 0 Å². The fourth-order valence-corrected chi connectivity index (χ4v) is 1.80. The van der Waals surface area contributed by atoms with E-state index in [1.807, 2.05) is 0 Å². The lowest BCUT2D eigenvalue weighted by molar-refractivity contribution is -0.119. The maximum atomic E-state index is 11.5. The van der Waals surface area contributed by atoms with E-state index in [0.717, 1.165) is 17.1 Å². The van der Waals surface area contributed by atoms with Gasteiger partial charge in [-0.25, -0.2) is 9.69 Å². The summed E-state index contributed by atoms with van der Waals surface area (Å²) in [7, 11) is 0. The third-order valence-electron chi connectivity index (χ3n) is 2.26. The highest BCUT2D eigenvalue weighted by Gasteiger charge is 2.29. The lowest BCUT2D eigenvalue weighted by Gasteiger charge is -2.16. The minimum absolute atomic E-state index is 0.0231. The SMILES string of the molecule is O=C(O)c1c(Cl)cccc1N1C(=O)C=CC1=O. The Morgan fingerprint density at radius 2 is 1.76 bits per heavy atom. The standard InChI is InChI=1S/C11H6ClNO4/c12-6-2-1-3-7(10(6)11(16)17)13-8(14)4-5-9(13)15/h1-5H,(H,16,17). The number of benzene rings is 1. The maximum Gasteiger partial charge on any atom is 0.339 e. The van der Waals surface area contributed by atoms with Crippen LogP contribution in [0.15, 0.2) is 30.4 Å². The van der Waals surface area contributed by atoms with Gasteiger partial charge < -0.3 is 5.11 Å². The number of halogens is 1. The van der Waals surface area contributed by atoms with E-state index < -0.39 is 17.8 Å². The van der Waals surface area contributed by atoms with Crippen LogP contribution in [0.25, 0.3) is 0 Å². The predicted octanol–water partition coefficient (Wildman–Crippen LogP) is 1.47. The molecule has 0 bridgehead atoms. The largest absolute Gasteiger partial charge is 0.478 e. The van der Waals surface area contributed by atoms with Crippen LogP contribution < -0.4 is 4.90 Å². The summed E-state index contributed by atoms with van der Waals surface area (Å²) >= 11 is 5.75. The van der Waals surface area contributed by atoms with Crippen LogP contribution in [0, 0.1) is 0 Å². The van der Waals surface area contributed by atoms with Crippen LogP contribution in [0.3, 0.4) is 0 Å². The van der Waals surface area contributed by atoms with E-state index in [4.69, 9.17) is 16.7 Å². The molecule has 0 aromatic heterocycles. The minimum Gasteiger partial charge on any atom is -0.478 e. The van der Waals surface area contributed by atoms with Crippen molar-refractivity contribution in [2.75, 3.05) is 4.90 Å². The molecule has 6 heteroatoms. The van der Waals surface area contributed by atoms with Crippen molar-refractivity contribution < 1.29 is 19.5 Å². The van der Waals surface area contributed by atoms with Crippen molar-refractivity contribution in [2.24, 2.45) is 0 Å². The van der Waals surface area contributed by atoms with Gasteiger partial charge >= 0.3 is 5.97 Å². The number of aromatic carboxylic acids is 1. The monoisotopic (exact) mass is 251 g/mol. The molecule has 0 spiro atoms. The second-order valence-electron chi connectivity index (χ2n) is 3.28. The molecule has 1 heterocycles. The molecule has 17 heavy (non-hydrogen) atoms. The molecule has 1 aromatic rings. The number of carbonyl (C=O) groups excluding carboxylic acids is 2. The molecule has 0 saturated carbocycles. The van der Waals surface area contributed by atoms with Gasteiger partial charge in [0.05, 0.1) is 10.7 Å². The van der Waals surface area contributed by atoms with Crippen molar-refractivity contribution >= 4 is 35.1 Å². The highest BCUT2D eigenvalue weighted by atomic mass is 35.5. The fourth-order valence-electron chi connectivity index (χ4n) is 1.55. The summed E-state index contributed by atoms with van der Waals surface area (Å²) in [5.41, 5.74) is -0.287. The normalized spacial score (nSPS) is 14.5. The smallest absolute Gasteiger partial charge is 0.339 e. The van der Waals surface area contributed by atoms with Crippen LogP contribution in [0.5, 0.6) is 0 Å². The molecule has 0 saturated heterocycles. The second kappa shape index (κ2) is 4.03. The van der Waals surface area contributed by atoms with Gasteiger partial charge in [-0.3, -0.25) is 9.59 Å². The summed E-state index contributed by atoms with van der Waals surface area (Å²) in [6, 6.07) is 4.22. The third-order valence-corrected chi connectivity index (χ3v) is 2.57. The zero-order chi connectivity index (χ0) is 12.6. The Kier molecular flexibility index (Phi) is 2.69. The number of imide groups is 1. The van der Waals surface area contributed by atoms with E-state index in [9.17, 15) is 14.4 Å². The molecule has 5 nitrogen and oxygen atoms in total. The number of hydrogen-bond donors (Lipinski definition) is 1. The van der Waals surface area contributed by atoms with Crippen LogP contribution in [0.2, 0.25) is 5.02 Å². The summed E-state index contributed by atoms with van der Waals surface area (Å²) < 4.78 is 0. The Morgan fingerprint density at radius 1 is 1.18 bits per heavy atom.